The van der Waals surface area contributed by atoms with Crippen LogP contribution < -0.4 is 15.4 Å². The van der Waals surface area contributed by atoms with Crippen LogP contribution in [0.1, 0.15) is 6.42 Å². The molecule has 0 N–H and O–H groups in total. The highest BCUT2D eigenvalue weighted by molar-refractivity contribution is 5.77. The number of oxazole rings is 1. The van der Waals surface area contributed by atoms with Crippen molar-refractivity contribution in [3.63, 3.8) is 0 Å². The van der Waals surface area contributed by atoms with Gasteiger partial charge >= 0.3 is 5.76 Å². The predicted octanol–water partition coefficient (Wildman–Crippen LogP) is 2.34. The molecule has 2 aromatic carbocycles. The van der Waals surface area contributed by atoms with E-state index in [4.69, 9.17) is 9.15 Å². The maximum Gasteiger partial charge on any atom is 0.419 e. The molecule has 0 bridgehead atoms. The standard InChI is InChI=1S/C21H23N3O4/c1-27-18-8-4-2-6-16(18)22-12-14-23(15-13-22)20(25)10-11-24-17-7-3-5-9-19(17)28-21(24)26/h2-9H,10-15H2,1H3. The van der Waals surface area contributed by atoms with E-state index in [2.05, 4.69) is 4.90 Å². The second-order valence-corrected chi connectivity index (χ2v) is 6.78. The zero-order chi connectivity index (χ0) is 19.5. The van der Waals surface area contributed by atoms with Crippen molar-refractivity contribution in [1.82, 2.24) is 9.47 Å². The molecular formula is C21H23N3O4. The fourth-order valence-corrected chi connectivity index (χ4v) is 3.68. The number of carbonyl (C=O) groups is 1. The van der Waals surface area contributed by atoms with Crippen LogP contribution >= 0.6 is 0 Å². The Labute approximate surface area is 162 Å². The van der Waals surface area contributed by atoms with Crippen molar-refractivity contribution in [2.45, 2.75) is 13.0 Å². The highest BCUT2D eigenvalue weighted by Gasteiger charge is 2.23. The van der Waals surface area contributed by atoms with E-state index < -0.39 is 5.76 Å². The van der Waals surface area contributed by atoms with E-state index in [9.17, 15) is 9.59 Å². The summed E-state index contributed by atoms with van der Waals surface area (Å²) < 4.78 is 12.2. The van der Waals surface area contributed by atoms with Crippen LogP contribution in [0.5, 0.6) is 5.75 Å². The van der Waals surface area contributed by atoms with Gasteiger partial charge < -0.3 is 19.0 Å². The lowest BCUT2D eigenvalue weighted by Gasteiger charge is -2.36. The third kappa shape index (κ3) is 3.47. The maximum atomic E-state index is 12.6. The third-order valence-electron chi connectivity index (χ3n) is 5.18. The Hall–Kier alpha value is -3.22. The molecule has 0 radical (unpaired) electrons. The molecular weight excluding hydrogens is 358 g/mol. The molecule has 0 atom stereocenters. The molecule has 7 nitrogen and oxygen atoms in total. The minimum atomic E-state index is -0.421. The smallest absolute Gasteiger partial charge is 0.419 e. The van der Waals surface area contributed by atoms with Crippen LogP contribution in [0.15, 0.2) is 57.7 Å². The summed E-state index contributed by atoms with van der Waals surface area (Å²) >= 11 is 0. The van der Waals surface area contributed by atoms with Crippen molar-refractivity contribution in [1.29, 1.82) is 0 Å². The number of fused-ring (bicyclic) bond motifs is 1. The van der Waals surface area contributed by atoms with Gasteiger partial charge in [-0.25, -0.2) is 4.79 Å². The SMILES string of the molecule is COc1ccccc1N1CCN(C(=O)CCn2c(=O)oc3ccccc32)CC1. The summed E-state index contributed by atoms with van der Waals surface area (Å²) in [5.74, 6) is 0.473. The molecule has 0 saturated carbocycles. The number of hydrogen-bond donors (Lipinski definition) is 0. The number of amides is 1. The Morgan fingerprint density at radius 2 is 1.75 bits per heavy atom. The molecule has 0 spiro atoms. The Kier molecular flexibility index (Phi) is 5.06. The fraction of sp³-hybridized carbons (Fsp3) is 0.333. The first-order chi connectivity index (χ1) is 13.7. The van der Waals surface area contributed by atoms with Gasteiger partial charge in [0, 0.05) is 39.1 Å². The Bertz CT molecular complexity index is 1030. The van der Waals surface area contributed by atoms with E-state index in [-0.39, 0.29) is 12.3 Å². The van der Waals surface area contributed by atoms with E-state index in [1.54, 1.807) is 13.2 Å². The minimum absolute atomic E-state index is 0.0526. The van der Waals surface area contributed by atoms with Gasteiger partial charge in [0.2, 0.25) is 5.91 Å². The first-order valence-electron chi connectivity index (χ1n) is 9.41. The van der Waals surface area contributed by atoms with Crippen molar-refractivity contribution in [2.75, 3.05) is 38.2 Å². The molecule has 1 aliphatic rings. The number of rotatable bonds is 5. The molecule has 0 aliphatic carbocycles. The average molecular weight is 381 g/mol. The Balaban J connectivity index is 1.37. The van der Waals surface area contributed by atoms with Gasteiger partial charge in [-0.05, 0) is 24.3 Å². The summed E-state index contributed by atoms with van der Waals surface area (Å²) in [6.45, 7) is 3.12. The lowest BCUT2D eigenvalue weighted by molar-refractivity contribution is -0.131. The second kappa shape index (κ2) is 7.80. The number of nitrogens with zero attached hydrogens (tertiary/aromatic N) is 3. The van der Waals surface area contributed by atoms with Crippen LogP contribution in [-0.4, -0.2) is 48.7 Å². The number of ether oxygens (including phenoxy) is 1. The lowest BCUT2D eigenvalue weighted by atomic mass is 10.2. The van der Waals surface area contributed by atoms with Gasteiger partial charge in [0.1, 0.15) is 5.75 Å². The van der Waals surface area contributed by atoms with Crippen molar-refractivity contribution in [3.05, 3.63) is 59.1 Å². The second-order valence-electron chi connectivity index (χ2n) is 6.78. The predicted molar refractivity (Wildman–Crippen MR) is 107 cm³/mol. The molecule has 4 rings (SSSR count). The average Bonchev–Trinajstić information content (AvgIpc) is 3.07. The van der Waals surface area contributed by atoms with Crippen LogP contribution in [0.25, 0.3) is 11.1 Å². The molecule has 1 fully saturated rings. The van der Waals surface area contributed by atoms with Gasteiger partial charge in [0.05, 0.1) is 18.3 Å². The van der Waals surface area contributed by atoms with E-state index in [0.29, 0.717) is 25.2 Å². The first-order valence-corrected chi connectivity index (χ1v) is 9.41. The molecule has 2 heterocycles. The number of carbonyl (C=O) groups excluding carboxylic acids is 1. The number of aryl methyl sites for hydroxylation is 1. The van der Waals surface area contributed by atoms with Gasteiger partial charge in [-0.3, -0.25) is 9.36 Å². The molecule has 146 valence electrons. The fourth-order valence-electron chi connectivity index (χ4n) is 3.68. The number of piperazine rings is 1. The minimum Gasteiger partial charge on any atom is -0.495 e. The summed E-state index contributed by atoms with van der Waals surface area (Å²) in [5.41, 5.74) is 2.32. The summed E-state index contributed by atoms with van der Waals surface area (Å²) in [4.78, 5) is 28.8. The first kappa shape index (κ1) is 18.2. The molecule has 0 unspecified atom stereocenters. The zero-order valence-corrected chi connectivity index (χ0v) is 15.8. The quantitative estimate of drug-likeness (QED) is 0.679. The highest BCUT2D eigenvalue weighted by Crippen LogP contribution is 2.28. The third-order valence-corrected chi connectivity index (χ3v) is 5.18. The van der Waals surface area contributed by atoms with Crippen molar-refractivity contribution < 1.29 is 13.9 Å². The topological polar surface area (TPSA) is 67.9 Å². The largest absolute Gasteiger partial charge is 0.495 e. The number of aromatic nitrogens is 1. The number of methoxy groups -OCH3 is 1. The van der Waals surface area contributed by atoms with Crippen molar-refractivity contribution in [2.24, 2.45) is 0 Å². The van der Waals surface area contributed by atoms with Crippen LogP contribution in [-0.2, 0) is 11.3 Å². The van der Waals surface area contributed by atoms with Crippen LogP contribution in [0.2, 0.25) is 0 Å². The lowest BCUT2D eigenvalue weighted by Crippen LogP contribution is -2.49. The Morgan fingerprint density at radius 1 is 1.04 bits per heavy atom. The molecule has 1 aliphatic heterocycles. The van der Waals surface area contributed by atoms with Gasteiger partial charge in [0.15, 0.2) is 5.58 Å². The summed E-state index contributed by atoms with van der Waals surface area (Å²) in [6.07, 6.45) is 0.276. The van der Waals surface area contributed by atoms with Gasteiger partial charge in [-0.2, -0.15) is 0 Å². The number of hydrogen-bond acceptors (Lipinski definition) is 5. The molecule has 28 heavy (non-hydrogen) atoms. The molecule has 1 amide bonds. The van der Waals surface area contributed by atoms with Crippen molar-refractivity contribution in [3.8, 4) is 5.75 Å². The van der Waals surface area contributed by atoms with E-state index in [1.807, 2.05) is 47.4 Å². The summed E-state index contributed by atoms with van der Waals surface area (Å²) in [5, 5.41) is 0. The number of anilines is 1. The summed E-state index contributed by atoms with van der Waals surface area (Å²) in [7, 11) is 1.67. The van der Waals surface area contributed by atoms with E-state index in [1.165, 1.54) is 4.57 Å². The molecule has 1 aromatic heterocycles. The summed E-state index contributed by atoms with van der Waals surface area (Å²) in [6, 6.07) is 15.2. The normalized spacial score (nSPS) is 14.5. The van der Waals surface area contributed by atoms with Gasteiger partial charge in [0.25, 0.3) is 0 Å². The highest BCUT2D eigenvalue weighted by atomic mass is 16.5. The van der Waals surface area contributed by atoms with E-state index >= 15 is 0 Å². The van der Waals surface area contributed by atoms with Crippen LogP contribution in [0, 0.1) is 0 Å². The van der Waals surface area contributed by atoms with Gasteiger partial charge in [-0.1, -0.05) is 24.3 Å². The molecule has 3 aromatic rings. The monoisotopic (exact) mass is 381 g/mol. The van der Waals surface area contributed by atoms with E-state index in [0.717, 1.165) is 30.0 Å². The molecule has 1 saturated heterocycles. The number of para-hydroxylation sites is 4. The zero-order valence-electron chi connectivity index (χ0n) is 15.8. The van der Waals surface area contributed by atoms with Crippen molar-refractivity contribution >= 4 is 22.7 Å². The Morgan fingerprint density at radius 3 is 2.54 bits per heavy atom. The van der Waals surface area contributed by atoms with Gasteiger partial charge in [-0.15, -0.1) is 0 Å². The molecule has 7 heteroatoms. The van der Waals surface area contributed by atoms with Crippen LogP contribution in [0.4, 0.5) is 5.69 Å². The van der Waals surface area contributed by atoms with Crippen LogP contribution in [0.3, 0.4) is 0 Å². The maximum absolute atomic E-state index is 12.6. The number of benzene rings is 2.